The molecule has 0 N–H and O–H groups in total. The molecule has 0 spiro atoms. The van der Waals surface area contributed by atoms with E-state index in [9.17, 15) is 4.79 Å². The Morgan fingerprint density at radius 3 is 2.54 bits per heavy atom. The molecule has 1 aliphatic heterocycles. The second kappa shape index (κ2) is 9.48. The fraction of sp³-hybridized carbons (Fsp3) is 0.545. The van der Waals surface area contributed by atoms with Crippen LogP contribution in [0.15, 0.2) is 24.3 Å². The van der Waals surface area contributed by atoms with Gasteiger partial charge in [0.1, 0.15) is 12.4 Å². The largest absolute Gasteiger partial charge is 0.492 e. The van der Waals surface area contributed by atoms with E-state index in [1.807, 2.05) is 19.2 Å². The Hall–Kier alpha value is -2.70. The lowest BCUT2D eigenvalue weighted by Crippen LogP contribution is -2.53. The van der Waals surface area contributed by atoms with Crippen LogP contribution in [0.3, 0.4) is 0 Å². The maximum Gasteiger partial charge on any atom is 0.410 e. The Balaban J connectivity index is 1.46. The fourth-order valence-electron chi connectivity index (χ4n) is 4.42. The predicted octanol–water partition coefficient (Wildman–Crippen LogP) is 2.74. The third-order valence-corrected chi connectivity index (χ3v) is 5.70. The van der Waals surface area contributed by atoms with E-state index in [0.717, 1.165) is 38.2 Å². The zero-order chi connectivity index (χ0) is 19.9. The molecule has 2 atom stereocenters. The van der Waals surface area contributed by atoms with Gasteiger partial charge in [0.25, 0.3) is 0 Å². The number of fused-ring (bicyclic) bond motifs is 2. The van der Waals surface area contributed by atoms with Crippen molar-refractivity contribution >= 4 is 6.09 Å². The molecule has 1 saturated heterocycles. The zero-order valence-electron chi connectivity index (χ0n) is 16.6. The Kier molecular flexibility index (Phi) is 6.79. The molecular weight excluding hydrogens is 354 g/mol. The molecule has 0 aromatic heterocycles. The van der Waals surface area contributed by atoms with Crippen molar-refractivity contribution in [2.24, 2.45) is 11.8 Å². The molecule has 148 valence electrons. The Labute approximate surface area is 167 Å². The average molecular weight is 381 g/mol. The summed E-state index contributed by atoms with van der Waals surface area (Å²) in [5.74, 6) is 7.24. The van der Waals surface area contributed by atoms with Crippen LogP contribution in [0, 0.1) is 35.0 Å². The van der Waals surface area contributed by atoms with Gasteiger partial charge in [-0.3, -0.25) is 4.90 Å². The van der Waals surface area contributed by atoms with E-state index in [0.29, 0.717) is 24.0 Å². The maximum atomic E-state index is 12.3. The molecule has 2 bridgehead atoms. The van der Waals surface area contributed by atoms with Crippen LogP contribution in [0.5, 0.6) is 5.75 Å². The summed E-state index contributed by atoms with van der Waals surface area (Å²) in [6, 6.07) is 9.55. The standard InChI is InChI=1S/C22H27N3O3/c1-3-4-12-28-22(26)24(2)21-18-7-8-19(21)16-25(15-18)11-13-27-20-9-5-17(14-23)6-10-20/h5-6,9-10,18-19,21H,7-8,11-13,15-16H2,1-2H3. The number of amides is 1. The second-order valence-corrected chi connectivity index (χ2v) is 7.42. The third kappa shape index (κ3) is 4.77. The highest BCUT2D eigenvalue weighted by atomic mass is 16.6. The van der Waals surface area contributed by atoms with Crippen LogP contribution in [0.25, 0.3) is 0 Å². The lowest BCUT2D eigenvalue weighted by Gasteiger charge is -2.41. The van der Waals surface area contributed by atoms with E-state index in [1.54, 1.807) is 24.0 Å². The van der Waals surface area contributed by atoms with Gasteiger partial charge in [0.2, 0.25) is 0 Å². The van der Waals surface area contributed by atoms with Crippen molar-refractivity contribution in [3.8, 4) is 23.7 Å². The fourth-order valence-corrected chi connectivity index (χ4v) is 4.42. The number of rotatable bonds is 6. The van der Waals surface area contributed by atoms with Gasteiger partial charge in [-0.2, -0.15) is 5.26 Å². The lowest BCUT2D eigenvalue weighted by atomic mass is 9.91. The van der Waals surface area contributed by atoms with E-state index in [2.05, 4.69) is 22.8 Å². The third-order valence-electron chi connectivity index (χ3n) is 5.70. The number of carbonyl (C=O) groups is 1. The van der Waals surface area contributed by atoms with Gasteiger partial charge in [-0.25, -0.2) is 4.79 Å². The first-order chi connectivity index (χ1) is 13.6. The van der Waals surface area contributed by atoms with E-state index in [1.165, 1.54) is 0 Å². The van der Waals surface area contributed by atoms with Gasteiger partial charge in [-0.15, -0.1) is 5.92 Å². The Morgan fingerprint density at radius 1 is 1.25 bits per heavy atom. The molecule has 6 heteroatoms. The van der Waals surface area contributed by atoms with Crippen molar-refractivity contribution in [3.63, 3.8) is 0 Å². The zero-order valence-corrected chi connectivity index (χ0v) is 16.6. The van der Waals surface area contributed by atoms with Crippen molar-refractivity contribution in [2.75, 3.05) is 39.9 Å². The van der Waals surface area contributed by atoms with Crippen molar-refractivity contribution in [3.05, 3.63) is 29.8 Å². The molecule has 1 aromatic carbocycles. The number of likely N-dealkylation sites (tertiary alicyclic amines) is 1. The molecule has 6 nitrogen and oxygen atoms in total. The molecule has 1 saturated carbocycles. The number of ether oxygens (including phenoxy) is 2. The SMILES string of the molecule is CC#CCOC(=O)N(C)C1C2CCC1CN(CCOc1ccc(C#N)cc1)C2. The molecule has 2 fully saturated rings. The number of piperidine rings is 1. The second-order valence-electron chi connectivity index (χ2n) is 7.42. The molecule has 1 aliphatic carbocycles. The first-order valence-electron chi connectivity index (χ1n) is 9.77. The molecule has 2 unspecified atom stereocenters. The number of carbonyl (C=O) groups excluding carboxylic acids is 1. The summed E-state index contributed by atoms with van der Waals surface area (Å²) in [5.41, 5.74) is 0.635. The summed E-state index contributed by atoms with van der Waals surface area (Å²) < 4.78 is 11.1. The normalized spacial score (nSPS) is 23.2. The van der Waals surface area contributed by atoms with Gasteiger partial charge < -0.3 is 14.4 Å². The van der Waals surface area contributed by atoms with Crippen LogP contribution in [-0.2, 0) is 4.74 Å². The number of hydrogen-bond acceptors (Lipinski definition) is 5. The van der Waals surface area contributed by atoms with Gasteiger partial charge in [0, 0.05) is 32.7 Å². The first kappa shape index (κ1) is 20.0. The number of hydrogen-bond donors (Lipinski definition) is 0. The topological polar surface area (TPSA) is 65.8 Å². The monoisotopic (exact) mass is 381 g/mol. The van der Waals surface area contributed by atoms with Crippen LogP contribution in [-0.4, -0.2) is 61.8 Å². The summed E-state index contributed by atoms with van der Waals surface area (Å²) in [7, 11) is 1.85. The minimum atomic E-state index is -0.276. The summed E-state index contributed by atoms with van der Waals surface area (Å²) in [6.45, 7) is 5.32. The van der Waals surface area contributed by atoms with Crippen LogP contribution in [0.1, 0.15) is 25.3 Å². The highest BCUT2D eigenvalue weighted by Crippen LogP contribution is 2.39. The lowest BCUT2D eigenvalue weighted by molar-refractivity contribution is 0.0438. The van der Waals surface area contributed by atoms with Gasteiger partial charge in [0.15, 0.2) is 6.61 Å². The molecular formula is C22H27N3O3. The van der Waals surface area contributed by atoms with Gasteiger partial charge in [-0.1, -0.05) is 5.92 Å². The molecule has 2 aliphatic rings. The summed E-state index contributed by atoms with van der Waals surface area (Å²) >= 11 is 0. The number of nitrogens with zero attached hydrogens (tertiary/aromatic N) is 3. The molecule has 0 radical (unpaired) electrons. The number of benzene rings is 1. The summed E-state index contributed by atoms with van der Waals surface area (Å²) in [5, 5.41) is 8.84. The molecule has 1 heterocycles. The predicted molar refractivity (Wildman–Crippen MR) is 106 cm³/mol. The highest BCUT2D eigenvalue weighted by molar-refractivity contribution is 5.68. The Morgan fingerprint density at radius 2 is 1.93 bits per heavy atom. The quantitative estimate of drug-likeness (QED) is 0.709. The Bertz CT molecular complexity index is 761. The highest BCUT2D eigenvalue weighted by Gasteiger charge is 2.45. The van der Waals surface area contributed by atoms with E-state index >= 15 is 0 Å². The molecule has 28 heavy (non-hydrogen) atoms. The van der Waals surface area contributed by atoms with Crippen LogP contribution in [0.4, 0.5) is 4.79 Å². The molecule has 3 rings (SSSR count). The number of nitriles is 1. The van der Waals surface area contributed by atoms with Gasteiger partial charge in [-0.05, 0) is 55.9 Å². The van der Waals surface area contributed by atoms with Crippen molar-refractivity contribution in [1.82, 2.24) is 9.80 Å². The van der Waals surface area contributed by atoms with Crippen LogP contribution in [0.2, 0.25) is 0 Å². The van der Waals surface area contributed by atoms with Gasteiger partial charge >= 0.3 is 6.09 Å². The van der Waals surface area contributed by atoms with Gasteiger partial charge in [0.05, 0.1) is 11.6 Å². The van der Waals surface area contributed by atoms with Crippen molar-refractivity contribution in [1.29, 1.82) is 5.26 Å². The minimum absolute atomic E-state index is 0.153. The van der Waals surface area contributed by atoms with Crippen LogP contribution >= 0.6 is 0 Å². The maximum absolute atomic E-state index is 12.3. The van der Waals surface area contributed by atoms with E-state index in [4.69, 9.17) is 14.7 Å². The molecule has 1 aromatic rings. The van der Waals surface area contributed by atoms with E-state index in [-0.39, 0.29) is 18.7 Å². The minimum Gasteiger partial charge on any atom is -0.492 e. The average Bonchev–Trinajstić information content (AvgIpc) is 2.98. The van der Waals surface area contributed by atoms with Crippen LogP contribution < -0.4 is 4.74 Å². The van der Waals surface area contributed by atoms with Crippen molar-refractivity contribution < 1.29 is 14.3 Å². The van der Waals surface area contributed by atoms with Crippen molar-refractivity contribution in [2.45, 2.75) is 25.8 Å². The summed E-state index contributed by atoms with van der Waals surface area (Å²) in [6.07, 6.45) is 2.02. The smallest absolute Gasteiger partial charge is 0.410 e. The van der Waals surface area contributed by atoms with E-state index < -0.39 is 0 Å². The molecule has 1 amide bonds. The first-order valence-corrected chi connectivity index (χ1v) is 9.77. The summed E-state index contributed by atoms with van der Waals surface area (Å²) in [4.78, 5) is 16.5.